The minimum atomic E-state index is -0.279. The number of benzene rings is 2. The summed E-state index contributed by atoms with van der Waals surface area (Å²) in [6, 6.07) is 14.4. The molecule has 0 aliphatic carbocycles. The number of para-hydroxylation sites is 1. The number of hydrogen-bond acceptors (Lipinski definition) is 8. The van der Waals surface area contributed by atoms with Crippen LogP contribution in [0.5, 0.6) is 11.5 Å². The van der Waals surface area contributed by atoms with Crippen LogP contribution in [0.1, 0.15) is 5.56 Å². The summed E-state index contributed by atoms with van der Waals surface area (Å²) in [6.45, 7) is 2.22. The van der Waals surface area contributed by atoms with Crippen molar-refractivity contribution in [1.82, 2.24) is 10.0 Å². The van der Waals surface area contributed by atoms with Crippen molar-refractivity contribution >= 4 is 51.9 Å². The van der Waals surface area contributed by atoms with Gasteiger partial charge >= 0.3 is 0 Å². The number of morpholine rings is 1. The molecule has 172 valence electrons. The van der Waals surface area contributed by atoms with E-state index in [2.05, 4.69) is 5.32 Å². The Balaban J connectivity index is 1.42. The van der Waals surface area contributed by atoms with Crippen molar-refractivity contribution in [3.8, 4) is 11.5 Å². The number of ether oxygens (including phenoxy) is 3. The molecule has 4 rings (SSSR count). The molecule has 2 aliphatic rings. The molecular weight excluding hydrogens is 462 g/mol. The molecule has 2 saturated heterocycles. The zero-order valence-electron chi connectivity index (χ0n) is 18.0. The van der Waals surface area contributed by atoms with Crippen molar-refractivity contribution < 1.29 is 23.8 Å². The predicted molar refractivity (Wildman–Crippen MR) is 131 cm³/mol. The SMILES string of the molecule is COc1cc(C=C2SC(=S)N(N3CCOCC3)C2=O)ccc1OCC(=O)Nc1ccccc1. The van der Waals surface area contributed by atoms with Crippen LogP contribution in [-0.2, 0) is 14.3 Å². The number of carbonyl (C=O) groups excluding carboxylic acids is 2. The van der Waals surface area contributed by atoms with Gasteiger partial charge in [-0.15, -0.1) is 0 Å². The molecule has 33 heavy (non-hydrogen) atoms. The van der Waals surface area contributed by atoms with Crippen molar-refractivity contribution in [2.75, 3.05) is 45.3 Å². The molecule has 2 heterocycles. The predicted octanol–water partition coefficient (Wildman–Crippen LogP) is 3.16. The third-order valence-corrected chi connectivity index (χ3v) is 6.23. The van der Waals surface area contributed by atoms with E-state index >= 15 is 0 Å². The Labute approximate surface area is 201 Å². The summed E-state index contributed by atoms with van der Waals surface area (Å²) in [6.07, 6.45) is 1.77. The molecule has 10 heteroatoms. The Morgan fingerprint density at radius 1 is 1.18 bits per heavy atom. The number of carbonyl (C=O) groups is 2. The molecule has 0 spiro atoms. The third kappa shape index (κ3) is 5.72. The summed E-state index contributed by atoms with van der Waals surface area (Å²) >= 11 is 6.69. The van der Waals surface area contributed by atoms with Crippen molar-refractivity contribution in [2.24, 2.45) is 0 Å². The number of amides is 2. The number of anilines is 1. The van der Waals surface area contributed by atoms with Crippen LogP contribution < -0.4 is 14.8 Å². The summed E-state index contributed by atoms with van der Waals surface area (Å²) < 4.78 is 16.9. The molecule has 0 unspecified atom stereocenters. The van der Waals surface area contributed by atoms with Gasteiger partial charge in [-0.3, -0.25) is 9.59 Å². The lowest BCUT2D eigenvalue weighted by atomic mass is 10.2. The zero-order valence-corrected chi connectivity index (χ0v) is 19.6. The lowest BCUT2D eigenvalue weighted by molar-refractivity contribution is -0.138. The topological polar surface area (TPSA) is 80.3 Å². The molecule has 2 aromatic rings. The maximum absolute atomic E-state index is 12.9. The number of nitrogens with zero attached hydrogens (tertiary/aromatic N) is 2. The quantitative estimate of drug-likeness (QED) is 0.473. The van der Waals surface area contributed by atoms with Crippen LogP contribution in [0.25, 0.3) is 6.08 Å². The minimum Gasteiger partial charge on any atom is -0.493 e. The molecule has 8 nitrogen and oxygen atoms in total. The van der Waals surface area contributed by atoms with Crippen LogP contribution in [0.4, 0.5) is 5.69 Å². The smallest absolute Gasteiger partial charge is 0.280 e. The highest BCUT2D eigenvalue weighted by atomic mass is 32.2. The summed E-state index contributed by atoms with van der Waals surface area (Å²) in [4.78, 5) is 25.6. The zero-order chi connectivity index (χ0) is 23.2. The standard InChI is InChI=1S/C23H23N3O5S2/c1-29-19-13-16(7-8-18(19)31-15-21(27)24-17-5-3-2-4-6-17)14-20-22(28)26(23(32)33-20)25-9-11-30-12-10-25/h2-8,13-14H,9-12,15H2,1H3,(H,24,27). The van der Waals surface area contributed by atoms with Gasteiger partial charge < -0.3 is 19.5 Å². The molecule has 2 amide bonds. The Morgan fingerprint density at radius 2 is 1.94 bits per heavy atom. The highest BCUT2D eigenvalue weighted by Crippen LogP contribution is 2.35. The van der Waals surface area contributed by atoms with Crippen molar-refractivity contribution in [1.29, 1.82) is 0 Å². The molecule has 0 aromatic heterocycles. The van der Waals surface area contributed by atoms with Crippen molar-refractivity contribution in [3.05, 3.63) is 59.0 Å². The van der Waals surface area contributed by atoms with Gasteiger partial charge in [-0.25, -0.2) is 10.0 Å². The van der Waals surface area contributed by atoms with Crippen LogP contribution in [0.3, 0.4) is 0 Å². The van der Waals surface area contributed by atoms with E-state index in [9.17, 15) is 9.59 Å². The largest absolute Gasteiger partial charge is 0.493 e. The number of thiocarbonyl (C=S) groups is 1. The van der Waals surface area contributed by atoms with Crippen molar-refractivity contribution in [3.63, 3.8) is 0 Å². The molecule has 1 N–H and O–H groups in total. The minimum absolute atomic E-state index is 0.149. The van der Waals surface area contributed by atoms with Crippen LogP contribution in [-0.4, -0.2) is 66.2 Å². The average molecular weight is 486 g/mol. The normalized spacial score (nSPS) is 18.0. The van der Waals surface area contributed by atoms with E-state index in [1.165, 1.54) is 18.9 Å². The van der Waals surface area contributed by atoms with Gasteiger partial charge in [-0.1, -0.05) is 48.2 Å². The summed E-state index contributed by atoms with van der Waals surface area (Å²) in [5.74, 6) is 0.460. The summed E-state index contributed by atoms with van der Waals surface area (Å²) in [5.41, 5.74) is 1.46. The lowest BCUT2D eigenvalue weighted by Crippen LogP contribution is -2.50. The van der Waals surface area contributed by atoms with Crippen LogP contribution in [0, 0.1) is 0 Å². The maximum atomic E-state index is 12.9. The number of rotatable bonds is 7. The van der Waals surface area contributed by atoms with Gasteiger partial charge in [-0.05, 0) is 35.9 Å². The lowest BCUT2D eigenvalue weighted by Gasteiger charge is -2.33. The van der Waals surface area contributed by atoms with Gasteiger partial charge in [0.15, 0.2) is 22.4 Å². The summed E-state index contributed by atoms with van der Waals surface area (Å²) in [5, 5.41) is 6.23. The first kappa shape index (κ1) is 23.2. The molecule has 0 saturated carbocycles. The van der Waals surface area contributed by atoms with E-state index in [1.54, 1.807) is 41.4 Å². The maximum Gasteiger partial charge on any atom is 0.280 e. The number of thioether (sulfide) groups is 1. The fourth-order valence-corrected chi connectivity index (χ4v) is 4.67. The second-order valence-electron chi connectivity index (χ2n) is 7.17. The van der Waals surface area contributed by atoms with Gasteiger partial charge in [0, 0.05) is 18.8 Å². The van der Waals surface area contributed by atoms with Crippen LogP contribution in [0.15, 0.2) is 53.4 Å². The first-order chi connectivity index (χ1) is 16.0. The Kier molecular flexibility index (Phi) is 7.61. The van der Waals surface area contributed by atoms with Crippen LogP contribution >= 0.6 is 24.0 Å². The Hall–Kier alpha value is -2.92. The number of methoxy groups -OCH3 is 1. The fourth-order valence-electron chi connectivity index (χ4n) is 3.36. The monoisotopic (exact) mass is 485 g/mol. The van der Waals surface area contributed by atoms with E-state index in [1.807, 2.05) is 23.2 Å². The molecule has 2 aromatic carbocycles. The second kappa shape index (κ2) is 10.8. The molecule has 2 fully saturated rings. The van der Waals surface area contributed by atoms with Gasteiger partial charge in [0.25, 0.3) is 11.8 Å². The van der Waals surface area contributed by atoms with Gasteiger partial charge in [0.2, 0.25) is 0 Å². The first-order valence-electron chi connectivity index (χ1n) is 10.3. The van der Waals surface area contributed by atoms with Crippen molar-refractivity contribution in [2.45, 2.75) is 0 Å². The number of hydrogen-bond donors (Lipinski definition) is 1. The summed E-state index contributed by atoms with van der Waals surface area (Å²) in [7, 11) is 1.52. The van der Waals surface area contributed by atoms with Gasteiger partial charge in [-0.2, -0.15) is 0 Å². The average Bonchev–Trinajstić information content (AvgIpc) is 3.11. The second-order valence-corrected chi connectivity index (χ2v) is 8.85. The van der Waals surface area contributed by atoms with E-state index < -0.39 is 0 Å². The van der Waals surface area contributed by atoms with E-state index in [-0.39, 0.29) is 18.4 Å². The Bertz CT molecular complexity index is 1070. The van der Waals surface area contributed by atoms with Gasteiger partial charge in [0.05, 0.1) is 25.2 Å². The third-order valence-electron chi connectivity index (χ3n) is 4.95. The first-order valence-corrected chi connectivity index (χ1v) is 11.5. The Morgan fingerprint density at radius 3 is 2.67 bits per heavy atom. The fraction of sp³-hybridized carbons (Fsp3) is 0.261. The highest BCUT2D eigenvalue weighted by molar-refractivity contribution is 8.26. The molecule has 0 radical (unpaired) electrons. The van der Waals surface area contributed by atoms with Crippen LogP contribution in [0.2, 0.25) is 0 Å². The highest BCUT2D eigenvalue weighted by Gasteiger charge is 2.37. The molecule has 0 atom stereocenters. The van der Waals surface area contributed by atoms with E-state index in [0.717, 1.165) is 5.56 Å². The van der Waals surface area contributed by atoms with E-state index in [4.69, 9.17) is 26.4 Å². The number of nitrogens with one attached hydrogen (secondary N) is 1. The van der Waals surface area contributed by atoms with Gasteiger partial charge in [0.1, 0.15) is 0 Å². The molecule has 0 bridgehead atoms. The molecular formula is C23H23N3O5S2. The molecule has 2 aliphatic heterocycles. The number of hydrazine groups is 1. The van der Waals surface area contributed by atoms with E-state index in [0.29, 0.717) is 52.7 Å².